The zero-order valence-corrected chi connectivity index (χ0v) is 9.14. The van der Waals surface area contributed by atoms with Crippen molar-refractivity contribution in [1.82, 2.24) is 9.97 Å². The molecule has 1 aromatic rings. The molecule has 1 rings (SSSR count). The number of aromatic nitrogens is 2. The number of halogens is 1. The molecule has 0 aliphatic carbocycles. The Bertz CT molecular complexity index is 421. The summed E-state index contributed by atoms with van der Waals surface area (Å²) in [5.74, 6) is 2.91. The van der Waals surface area contributed by atoms with Gasteiger partial charge in [-0.1, -0.05) is 30.9 Å². The molecule has 0 spiro atoms. The summed E-state index contributed by atoms with van der Waals surface area (Å²) in [7, 11) is 0. The van der Waals surface area contributed by atoms with Crippen LogP contribution in [0.5, 0.6) is 0 Å². The molecule has 1 unspecified atom stereocenters. The number of rotatable bonds is 4. The van der Waals surface area contributed by atoms with E-state index < -0.39 is 0 Å². The van der Waals surface area contributed by atoms with E-state index in [2.05, 4.69) is 21.2 Å². The van der Waals surface area contributed by atoms with Gasteiger partial charge in [0.1, 0.15) is 5.02 Å². The Balaban J connectivity index is 2.85. The second-order valence-electron chi connectivity index (χ2n) is 3.05. The van der Waals surface area contributed by atoms with Crippen LogP contribution in [-0.2, 0) is 0 Å². The SMILES string of the molecule is C#CC(CCC)Nc1nc[nH]c(=O)c1Cl. The van der Waals surface area contributed by atoms with Gasteiger partial charge in [-0.25, -0.2) is 4.98 Å². The minimum Gasteiger partial charge on any atom is -0.355 e. The van der Waals surface area contributed by atoms with Crippen molar-refractivity contribution in [1.29, 1.82) is 0 Å². The van der Waals surface area contributed by atoms with Gasteiger partial charge in [-0.2, -0.15) is 0 Å². The smallest absolute Gasteiger partial charge is 0.271 e. The lowest BCUT2D eigenvalue weighted by molar-refractivity contribution is 0.752. The summed E-state index contributed by atoms with van der Waals surface area (Å²) >= 11 is 5.76. The van der Waals surface area contributed by atoms with Crippen molar-refractivity contribution >= 4 is 17.4 Å². The number of aromatic amines is 1. The molecule has 0 bridgehead atoms. The lowest BCUT2D eigenvalue weighted by atomic mass is 10.2. The van der Waals surface area contributed by atoms with E-state index in [1.807, 2.05) is 6.92 Å². The van der Waals surface area contributed by atoms with E-state index in [1.165, 1.54) is 6.33 Å². The molecule has 15 heavy (non-hydrogen) atoms. The number of H-pyrrole nitrogens is 1. The molecule has 0 aliphatic heterocycles. The average Bonchev–Trinajstić information content (AvgIpc) is 2.24. The van der Waals surface area contributed by atoms with Crippen molar-refractivity contribution in [2.24, 2.45) is 0 Å². The van der Waals surface area contributed by atoms with Crippen molar-refractivity contribution in [2.45, 2.75) is 25.8 Å². The first-order valence-electron chi connectivity index (χ1n) is 4.64. The van der Waals surface area contributed by atoms with Crippen LogP contribution in [0.25, 0.3) is 0 Å². The van der Waals surface area contributed by atoms with Gasteiger partial charge >= 0.3 is 0 Å². The van der Waals surface area contributed by atoms with E-state index in [0.29, 0.717) is 5.82 Å². The predicted octanol–water partition coefficient (Wildman–Crippen LogP) is 1.64. The van der Waals surface area contributed by atoms with Crippen LogP contribution in [0.4, 0.5) is 5.82 Å². The van der Waals surface area contributed by atoms with Crippen LogP contribution in [0.1, 0.15) is 19.8 Å². The summed E-state index contributed by atoms with van der Waals surface area (Å²) in [5, 5.41) is 2.98. The molecule has 0 aromatic carbocycles. The van der Waals surface area contributed by atoms with Gasteiger partial charge < -0.3 is 10.3 Å². The van der Waals surface area contributed by atoms with Crippen LogP contribution in [0.15, 0.2) is 11.1 Å². The van der Waals surface area contributed by atoms with Gasteiger partial charge in [0.15, 0.2) is 5.82 Å². The first-order valence-corrected chi connectivity index (χ1v) is 5.02. The molecule has 2 N–H and O–H groups in total. The maximum absolute atomic E-state index is 11.1. The Morgan fingerprint density at radius 2 is 2.53 bits per heavy atom. The topological polar surface area (TPSA) is 57.8 Å². The second-order valence-corrected chi connectivity index (χ2v) is 3.42. The van der Waals surface area contributed by atoms with Crippen molar-refractivity contribution < 1.29 is 0 Å². The Labute approximate surface area is 93.1 Å². The number of nitrogens with zero attached hydrogens (tertiary/aromatic N) is 1. The molecule has 1 aromatic heterocycles. The van der Waals surface area contributed by atoms with Gasteiger partial charge in [0.2, 0.25) is 0 Å². The van der Waals surface area contributed by atoms with Gasteiger partial charge in [0.25, 0.3) is 5.56 Å². The van der Waals surface area contributed by atoms with Crippen LogP contribution in [-0.4, -0.2) is 16.0 Å². The summed E-state index contributed by atoms with van der Waals surface area (Å²) < 4.78 is 0. The molecule has 0 aliphatic rings. The quantitative estimate of drug-likeness (QED) is 0.766. The minimum absolute atomic E-state index is 0.0360. The summed E-state index contributed by atoms with van der Waals surface area (Å²) in [6.45, 7) is 2.03. The average molecular weight is 226 g/mol. The van der Waals surface area contributed by atoms with E-state index in [9.17, 15) is 4.79 Å². The number of hydrogen-bond donors (Lipinski definition) is 2. The summed E-state index contributed by atoms with van der Waals surface area (Å²) in [6, 6.07) is -0.151. The molecular weight excluding hydrogens is 214 g/mol. The zero-order valence-electron chi connectivity index (χ0n) is 8.38. The fraction of sp³-hybridized carbons (Fsp3) is 0.400. The van der Waals surface area contributed by atoms with E-state index in [-0.39, 0.29) is 16.6 Å². The number of anilines is 1. The first-order chi connectivity index (χ1) is 7.19. The molecular formula is C10H12ClN3O. The standard InChI is InChI=1S/C10H12ClN3O/c1-3-5-7(4-2)14-9-8(11)10(15)13-6-12-9/h2,6-7H,3,5H2,1H3,(H2,12,13,14,15). The third kappa shape index (κ3) is 3.00. The van der Waals surface area contributed by atoms with Crippen LogP contribution in [0, 0.1) is 12.3 Å². The monoisotopic (exact) mass is 225 g/mol. The maximum Gasteiger partial charge on any atom is 0.271 e. The zero-order chi connectivity index (χ0) is 11.3. The summed E-state index contributed by atoms with van der Waals surface area (Å²) in [4.78, 5) is 17.4. The molecule has 4 nitrogen and oxygen atoms in total. The fourth-order valence-corrected chi connectivity index (χ4v) is 1.29. The summed E-state index contributed by atoms with van der Waals surface area (Å²) in [5.41, 5.74) is -0.374. The van der Waals surface area contributed by atoms with E-state index in [1.54, 1.807) is 0 Å². The highest BCUT2D eigenvalue weighted by Gasteiger charge is 2.09. The third-order valence-corrected chi connectivity index (χ3v) is 2.24. The highest BCUT2D eigenvalue weighted by atomic mass is 35.5. The highest BCUT2D eigenvalue weighted by molar-refractivity contribution is 6.32. The lowest BCUT2D eigenvalue weighted by Crippen LogP contribution is -2.20. The molecule has 0 radical (unpaired) electrons. The number of hydrogen-bond acceptors (Lipinski definition) is 3. The molecule has 0 amide bonds. The van der Waals surface area contributed by atoms with Crippen molar-refractivity contribution in [2.75, 3.05) is 5.32 Å². The third-order valence-electron chi connectivity index (χ3n) is 1.89. The molecule has 0 saturated carbocycles. The fourth-order valence-electron chi connectivity index (χ4n) is 1.13. The van der Waals surface area contributed by atoms with Gasteiger partial charge in [-0.3, -0.25) is 4.79 Å². The molecule has 1 atom stereocenters. The molecule has 1 heterocycles. The molecule has 0 fully saturated rings. The lowest BCUT2D eigenvalue weighted by Gasteiger charge is -2.12. The van der Waals surface area contributed by atoms with Crippen LogP contribution >= 0.6 is 11.6 Å². The Kier molecular flexibility index (Phi) is 4.19. The number of terminal acetylenes is 1. The molecule has 80 valence electrons. The Morgan fingerprint density at radius 1 is 1.80 bits per heavy atom. The highest BCUT2D eigenvalue weighted by Crippen LogP contribution is 2.14. The second kappa shape index (κ2) is 5.42. The van der Waals surface area contributed by atoms with Gasteiger partial charge in [-0.05, 0) is 6.42 Å². The van der Waals surface area contributed by atoms with E-state index in [4.69, 9.17) is 18.0 Å². The van der Waals surface area contributed by atoms with Crippen LogP contribution < -0.4 is 10.9 Å². The molecule has 0 saturated heterocycles. The Hall–Kier alpha value is -1.47. The van der Waals surface area contributed by atoms with Gasteiger partial charge in [0, 0.05) is 0 Å². The maximum atomic E-state index is 11.1. The van der Waals surface area contributed by atoms with Crippen LogP contribution in [0.3, 0.4) is 0 Å². The van der Waals surface area contributed by atoms with E-state index >= 15 is 0 Å². The minimum atomic E-state index is -0.374. The van der Waals surface area contributed by atoms with Crippen molar-refractivity contribution in [3.63, 3.8) is 0 Å². The summed E-state index contributed by atoms with van der Waals surface area (Å²) in [6.07, 6.45) is 8.37. The van der Waals surface area contributed by atoms with E-state index in [0.717, 1.165) is 12.8 Å². The van der Waals surface area contributed by atoms with Crippen LogP contribution in [0.2, 0.25) is 5.02 Å². The Morgan fingerprint density at radius 3 is 3.13 bits per heavy atom. The largest absolute Gasteiger partial charge is 0.355 e. The van der Waals surface area contributed by atoms with Crippen molar-refractivity contribution in [3.05, 3.63) is 21.7 Å². The van der Waals surface area contributed by atoms with Crippen molar-refractivity contribution in [3.8, 4) is 12.3 Å². The predicted molar refractivity (Wildman–Crippen MR) is 61.0 cm³/mol. The normalized spacial score (nSPS) is 11.8. The van der Waals surface area contributed by atoms with Gasteiger partial charge in [-0.15, -0.1) is 6.42 Å². The molecule has 5 heteroatoms. The first kappa shape index (κ1) is 11.6. The van der Waals surface area contributed by atoms with Gasteiger partial charge in [0.05, 0.1) is 12.4 Å². The number of nitrogens with one attached hydrogen (secondary N) is 2.